The number of allylic oxidation sites excluding steroid dienone is 2. The molecule has 0 spiro atoms. The number of nitrogens with zero attached hydrogens (tertiary/aromatic N) is 4. The maximum absolute atomic E-state index is 6.90. The fourth-order valence-electron chi connectivity index (χ4n) is 2.44. The number of aromatic nitrogens is 3. The van der Waals surface area contributed by atoms with Crippen molar-refractivity contribution in [2.24, 2.45) is 4.99 Å². The highest BCUT2D eigenvalue weighted by atomic mass is 79.9. The summed E-state index contributed by atoms with van der Waals surface area (Å²) < 4.78 is 6.51. The van der Waals surface area contributed by atoms with Gasteiger partial charge in [-0.25, -0.2) is 19.9 Å². The molecule has 146 valence electrons. The molecule has 3 aromatic rings. The lowest BCUT2D eigenvalue weighted by atomic mass is 10.2. The predicted molar refractivity (Wildman–Crippen MR) is 121 cm³/mol. The predicted octanol–water partition coefficient (Wildman–Crippen LogP) is 5.62. The van der Waals surface area contributed by atoms with E-state index in [1.165, 1.54) is 12.5 Å². The minimum Gasteiger partial charge on any atom is -0.457 e. The number of aliphatic imine (C=N–C) groups is 1. The topological polar surface area (TPSA) is 96.1 Å². The molecule has 1 aromatic carbocycles. The van der Waals surface area contributed by atoms with Crippen LogP contribution in [-0.4, -0.2) is 27.5 Å². The van der Waals surface area contributed by atoms with Gasteiger partial charge in [-0.1, -0.05) is 18.2 Å². The summed E-state index contributed by atoms with van der Waals surface area (Å²) >= 11 is 9.47. The molecule has 0 bridgehead atoms. The Labute approximate surface area is 180 Å². The maximum atomic E-state index is 6.90. The van der Waals surface area contributed by atoms with E-state index < -0.39 is 0 Å². The fraction of sp³-hybridized carbons (Fsp3) is 0.0500. The van der Waals surface area contributed by atoms with E-state index >= 15 is 0 Å². The Balaban J connectivity index is 1.86. The van der Waals surface area contributed by atoms with Crippen molar-refractivity contribution in [2.45, 2.75) is 6.92 Å². The van der Waals surface area contributed by atoms with Gasteiger partial charge in [0.05, 0.1) is 9.99 Å². The van der Waals surface area contributed by atoms with Gasteiger partial charge in [0.2, 0.25) is 0 Å². The quantitative estimate of drug-likeness (QED) is 0.153. The van der Waals surface area contributed by atoms with E-state index in [-0.39, 0.29) is 0 Å². The molecule has 9 heteroatoms. The zero-order valence-corrected chi connectivity index (χ0v) is 17.7. The third-order valence-corrected chi connectivity index (χ3v) is 4.91. The molecule has 2 aromatic heterocycles. The standard InChI is InChI=1S/C20H16BrClN6O/c1-3-14(6-7-24-10-23)29-17-5-4-13(8-12(17)2)27-20-18-16(25-11-26-20)9-15(21)19(22)28-18/h3-11,23H,1H2,2H3,(H,25,26,27)/b14-6+,23-10?,24-7?. The van der Waals surface area contributed by atoms with Gasteiger partial charge in [-0.3, -0.25) is 5.41 Å². The van der Waals surface area contributed by atoms with Crippen LogP contribution in [0.1, 0.15) is 5.56 Å². The van der Waals surface area contributed by atoms with Gasteiger partial charge >= 0.3 is 0 Å². The normalized spacial score (nSPS) is 11.6. The van der Waals surface area contributed by atoms with Crippen molar-refractivity contribution < 1.29 is 4.74 Å². The van der Waals surface area contributed by atoms with Crippen LogP contribution in [0.3, 0.4) is 0 Å². The highest BCUT2D eigenvalue weighted by Gasteiger charge is 2.10. The Hall–Kier alpha value is -3.10. The first-order chi connectivity index (χ1) is 14.0. The second-order valence-corrected chi connectivity index (χ2v) is 6.97. The zero-order chi connectivity index (χ0) is 20.8. The van der Waals surface area contributed by atoms with Crippen LogP contribution in [0.5, 0.6) is 5.75 Å². The summed E-state index contributed by atoms with van der Waals surface area (Å²) in [6, 6.07) is 7.42. The average molecular weight is 472 g/mol. The largest absolute Gasteiger partial charge is 0.457 e. The molecule has 0 unspecified atom stereocenters. The van der Waals surface area contributed by atoms with Crippen LogP contribution < -0.4 is 10.1 Å². The van der Waals surface area contributed by atoms with E-state index in [0.29, 0.717) is 38.0 Å². The first-order valence-corrected chi connectivity index (χ1v) is 9.56. The number of aryl methyl sites for hydroxylation is 1. The van der Waals surface area contributed by atoms with Gasteiger partial charge < -0.3 is 10.1 Å². The Bertz CT molecular complexity index is 1150. The number of ether oxygens (including phenoxy) is 1. The number of pyridine rings is 1. The summed E-state index contributed by atoms with van der Waals surface area (Å²) in [7, 11) is 0. The second-order valence-electron chi connectivity index (χ2n) is 5.76. The van der Waals surface area contributed by atoms with E-state index in [0.717, 1.165) is 17.6 Å². The summed E-state index contributed by atoms with van der Waals surface area (Å²) in [5.74, 6) is 1.74. The molecule has 0 fully saturated rings. The van der Waals surface area contributed by atoms with E-state index in [1.807, 2.05) is 25.1 Å². The molecule has 29 heavy (non-hydrogen) atoms. The third-order valence-electron chi connectivity index (χ3n) is 3.79. The second kappa shape index (κ2) is 9.40. The lowest BCUT2D eigenvalue weighted by Gasteiger charge is -2.12. The number of hydrogen-bond donors (Lipinski definition) is 2. The number of rotatable bonds is 7. The minimum absolute atomic E-state index is 0.338. The van der Waals surface area contributed by atoms with Gasteiger partial charge in [-0.05, 0) is 64.8 Å². The molecule has 3 rings (SSSR count). The Kier molecular flexibility index (Phi) is 6.69. The molecule has 2 N–H and O–H groups in total. The summed E-state index contributed by atoms with van der Waals surface area (Å²) in [5.41, 5.74) is 2.95. The van der Waals surface area contributed by atoms with Crippen molar-refractivity contribution in [2.75, 3.05) is 5.32 Å². The highest BCUT2D eigenvalue weighted by Crippen LogP contribution is 2.30. The van der Waals surface area contributed by atoms with E-state index in [4.69, 9.17) is 21.7 Å². The minimum atomic E-state index is 0.338. The van der Waals surface area contributed by atoms with E-state index in [9.17, 15) is 0 Å². The monoisotopic (exact) mass is 470 g/mol. The summed E-state index contributed by atoms with van der Waals surface area (Å²) in [6.07, 6.45) is 7.08. The van der Waals surface area contributed by atoms with Crippen LogP contribution in [0.2, 0.25) is 5.15 Å². The SMILES string of the molecule is C=C/C(=C\C=NC=N)Oc1ccc(Nc2ncnc3cc(Br)c(Cl)nc23)cc1C. The molecule has 0 radical (unpaired) electrons. The summed E-state index contributed by atoms with van der Waals surface area (Å²) in [4.78, 5) is 16.6. The van der Waals surface area contributed by atoms with Gasteiger partial charge in [-0.15, -0.1) is 0 Å². The molecular formula is C20H16BrClN6O. The van der Waals surface area contributed by atoms with E-state index in [1.54, 1.807) is 18.2 Å². The maximum Gasteiger partial charge on any atom is 0.160 e. The number of halogens is 2. The number of fused-ring (bicyclic) bond motifs is 1. The molecule has 0 saturated heterocycles. The Morgan fingerprint density at radius 2 is 2.17 bits per heavy atom. The van der Waals surface area contributed by atoms with Crippen LogP contribution in [-0.2, 0) is 0 Å². The third kappa shape index (κ3) is 5.04. The summed E-state index contributed by atoms with van der Waals surface area (Å²) in [5, 5.41) is 10.5. The van der Waals surface area contributed by atoms with Crippen molar-refractivity contribution in [3.05, 3.63) is 70.3 Å². The first kappa shape index (κ1) is 20.6. The first-order valence-electron chi connectivity index (χ1n) is 8.39. The van der Waals surface area contributed by atoms with Crippen molar-refractivity contribution in [1.82, 2.24) is 15.0 Å². The number of nitrogens with one attached hydrogen (secondary N) is 2. The van der Waals surface area contributed by atoms with Crippen molar-refractivity contribution >= 4 is 62.6 Å². The van der Waals surface area contributed by atoms with Gasteiger partial charge in [0.25, 0.3) is 0 Å². The van der Waals surface area contributed by atoms with Crippen LogP contribution in [0.15, 0.2) is 64.5 Å². The van der Waals surface area contributed by atoms with Crippen LogP contribution >= 0.6 is 27.5 Å². The van der Waals surface area contributed by atoms with Crippen LogP contribution in [0, 0.1) is 12.3 Å². The fourth-order valence-corrected chi connectivity index (χ4v) is 2.88. The molecule has 0 atom stereocenters. The zero-order valence-electron chi connectivity index (χ0n) is 15.4. The van der Waals surface area contributed by atoms with Crippen molar-refractivity contribution in [3.8, 4) is 5.75 Å². The molecule has 0 amide bonds. The smallest absolute Gasteiger partial charge is 0.160 e. The molecule has 0 aliphatic carbocycles. The van der Waals surface area contributed by atoms with E-state index in [2.05, 4.69) is 47.8 Å². The molecule has 0 aliphatic heterocycles. The molecule has 2 heterocycles. The van der Waals surface area contributed by atoms with Gasteiger partial charge in [0, 0.05) is 11.9 Å². The van der Waals surface area contributed by atoms with Gasteiger partial charge in [0.15, 0.2) is 5.82 Å². The number of anilines is 2. The van der Waals surface area contributed by atoms with Gasteiger partial charge in [0.1, 0.15) is 34.8 Å². The average Bonchev–Trinajstić information content (AvgIpc) is 2.70. The molecule has 0 saturated carbocycles. The number of benzene rings is 1. The molecule has 7 nitrogen and oxygen atoms in total. The highest BCUT2D eigenvalue weighted by molar-refractivity contribution is 9.10. The van der Waals surface area contributed by atoms with Crippen molar-refractivity contribution in [3.63, 3.8) is 0 Å². The lowest BCUT2D eigenvalue weighted by molar-refractivity contribution is 0.442. The van der Waals surface area contributed by atoms with Crippen LogP contribution in [0.4, 0.5) is 11.5 Å². The molecule has 0 aliphatic rings. The van der Waals surface area contributed by atoms with Crippen molar-refractivity contribution in [1.29, 1.82) is 5.41 Å². The van der Waals surface area contributed by atoms with Gasteiger partial charge in [-0.2, -0.15) is 0 Å². The van der Waals surface area contributed by atoms with Crippen LogP contribution in [0.25, 0.3) is 11.0 Å². The number of hydrogen-bond acceptors (Lipinski definition) is 6. The lowest BCUT2D eigenvalue weighted by Crippen LogP contribution is -1.99. The molecular weight excluding hydrogens is 456 g/mol. The Morgan fingerprint density at radius 1 is 1.34 bits per heavy atom. The Morgan fingerprint density at radius 3 is 2.90 bits per heavy atom. The summed E-state index contributed by atoms with van der Waals surface area (Å²) in [6.45, 7) is 5.65.